The molecule has 188 valence electrons. The smallest absolute Gasteiger partial charge is 0.280 e. The number of methoxy groups -OCH3 is 1. The summed E-state index contributed by atoms with van der Waals surface area (Å²) in [6.45, 7) is 1.44. The Labute approximate surface area is 208 Å². The number of anilines is 2. The average molecular weight is 503 g/mol. The molecule has 1 aromatic carbocycles. The van der Waals surface area contributed by atoms with E-state index >= 15 is 0 Å². The van der Waals surface area contributed by atoms with Crippen LogP contribution in [-0.4, -0.2) is 72.3 Å². The SMILES string of the molecule is CO[C@H]1CCCC[C@H]1Oc1cc(F)ccc1Nc1ncnc2sc(C(=O)NCCCN(C)C)nc12. The standard InChI is InChI=1S/C24H31FN6O3S/c1-31(2)12-6-11-26-22(32)24-30-20-21(27-14-28-23(20)35-24)29-16-10-9-15(25)13-19(16)34-18-8-5-4-7-17(18)33-3/h9-10,13-14,17-18H,4-8,11-12H2,1-3H3,(H,26,32)(H,27,28,29)/t17-,18+/m0/s1. The molecule has 1 fully saturated rings. The lowest BCUT2D eigenvalue weighted by Crippen LogP contribution is -2.36. The first kappa shape index (κ1) is 25.2. The van der Waals surface area contributed by atoms with Crippen molar-refractivity contribution < 1.29 is 18.7 Å². The molecule has 1 saturated carbocycles. The van der Waals surface area contributed by atoms with Gasteiger partial charge in [-0.15, -0.1) is 0 Å². The first-order chi connectivity index (χ1) is 16.9. The third-order valence-corrected chi connectivity index (χ3v) is 6.84. The number of nitrogens with zero attached hydrogens (tertiary/aromatic N) is 4. The highest BCUT2D eigenvalue weighted by atomic mass is 32.1. The Bertz CT molecular complexity index is 1160. The third-order valence-electron chi connectivity index (χ3n) is 5.88. The quantitative estimate of drug-likeness (QED) is 0.402. The van der Waals surface area contributed by atoms with Crippen molar-refractivity contribution in [2.45, 2.75) is 44.3 Å². The van der Waals surface area contributed by atoms with E-state index in [1.165, 1.54) is 29.8 Å². The van der Waals surface area contributed by atoms with Crippen LogP contribution in [0.5, 0.6) is 5.75 Å². The zero-order chi connectivity index (χ0) is 24.8. The van der Waals surface area contributed by atoms with Crippen LogP contribution in [0.4, 0.5) is 15.9 Å². The predicted octanol–water partition coefficient (Wildman–Crippen LogP) is 3.99. The van der Waals surface area contributed by atoms with Gasteiger partial charge in [0.15, 0.2) is 10.8 Å². The molecule has 2 N–H and O–H groups in total. The third kappa shape index (κ3) is 6.41. The van der Waals surface area contributed by atoms with E-state index in [0.717, 1.165) is 38.6 Å². The molecule has 2 heterocycles. The van der Waals surface area contributed by atoms with Crippen LogP contribution < -0.4 is 15.4 Å². The van der Waals surface area contributed by atoms with E-state index in [9.17, 15) is 9.18 Å². The molecule has 2 aromatic heterocycles. The average Bonchev–Trinajstić information content (AvgIpc) is 3.29. The summed E-state index contributed by atoms with van der Waals surface area (Å²) in [5.41, 5.74) is 1.02. The molecule has 1 aliphatic carbocycles. The minimum Gasteiger partial charge on any atom is -0.485 e. The number of amides is 1. The summed E-state index contributed by atoms with van der Waals surface area (Å²) in [4.78, 5) is 28.3. The topological polar surface area (TPSA) is 102 Å². The van der Waals surface area contributed by atoms with E-state index in [0.29, 0.717) is 39.2 Å². The fourth-order valence-electron chi connectivity index (χ4n) is 4.07. The van der Waals surface area contributed by atoms with Gasteiger partial charge in [-0.3, -0.25) is 4.79 Å². The zero-order valence-electron chi connectivity index (χ0n) is 20.2. The normalized spacial score (nSPS) is 18.1. The molecule has 3 aromatic rings. The fraction of sp³-hybridized carbons (Fsp3) is 0.500. The summed E-state index contributed by atoms with van der Waals surface area (Å²) in [5, 5.41) is 6.41. The molecular weight excluding hydrogens is 471 g/mol. The summed E-state index contributed by atoms with van der Waals surface area (Å²) >= 11 is 1.20. The molecule has 1 aliphatic rings. The van der Waals surface area contributed by atoms with Gasteiger partial charge in [0, 0.05) is 19.7 Å². The number of benzene rings is 1. The molecule has 0 radical (unpaired) electrons. The Morgan fingerprint density at radius 2 is 2.03 bits per heavy atom. The second kappa shape index (κ2) is 11.7. The number of rotatable bonds is 10. The number of carbonyl (C=O) groups is 1. The van der Waals surface area contributed by atoms with Crippen LogP contribution in [0.2, 0.25) is 0 Å². The van der Waals surface area contributed by atoms with E-state index in [1.54, 1.807) is 13.2 Å². The molecule has 0 unspecified atom stereocenters. The minimum atomic E-state index is -0.398. The van der Waals surface area contributed by atoms with Crippen LogP contribution in [0.1, 0.15) is 41.9 Å². The van der Waals surface area contributed by atoms with Crippen LogP contribution in [0.25, 0.3) is 10.3 Å². The Balaban J connectivity index is 1.53. The number of halogens is 1. The number of fused-ring (bicyclic) bond motifs is 1. The summed E-state index contributed by atoms with van der Waals surface area (Å²) in [7, 11) is 5.66. The lowest BCUT2D eigenvalue weighted by molar-refractivity contribution is -0.0227. The van der Waals surface area contributed by atoms with Crippen molar-refractivity contribution in [2.24, 2.45) is 0 Å². The van der Waals surface area contributed by atoms with E-state index in [4.69, 9.17) is 9.47 Å². The van der Waals surface area contributed by atoms with Gasteiger partial charge in [-0.1, -0.05) is 17.8 Å². The van der Waals surface area contributed by atoms with Crippen molar-refractivity contribution >= 4 is 39.1 Å². The Hall–Kier alpha value is -2.89. The molecule has 1 amide bonds. The molecule has 0 bridgehead atoms. The lowest BCUT2D eigenvalue weighted by atomic mass is 9.94. The van der Waals surface area contributed by atoms with E-state index in [1.807, 2.05) is 14.1 Å². The number of hydrogen-bond acceptors (Lipinski definition) is 9. The highest BCUT2D eigenvalue weighted by molar-refractivity contribution is 7.19. The summed E-state index contributed by atoms with van der Waals surface area (Å²) in [5.74, 6) is 0.151. The summed E-state index contributed by atoms with van der Waals surface area (Å²) in [6, 6.07) is 4.32. The predicted molar refractivity (Wildman–Crippen MR) is 134 cm³/mol. The Morgan fingerprint density at radius 1 is 1.23 bits per heavy atom. The van der Waals surface area contributed by atoms with Gasteiger partial charge >= 0.3 is 0 Å². The van der Waals surface area contributed by atoms with Crippen LogP contribution in [0.3, 0.4) is 0 Å². The van der Waals surface area contributed by atoms with Gasteiger partial charge in [-0.05, 0) is 58.5 Å². The monoisotopic (exact) mass is 502 g/mol. The zero-order valence-corrected chi connectivity index (χ0v) is 21.0. The van der Waals surface area contributed by atoms with E-state index in [-0.39, 0.29) is 18.1 Å². The van der Waals surface area contributed by atoms with Gasteiger partial charge in [-0.2, -0.15) is 0 Å². The minimum absolute atomic E-state index is 0.0389. The second-order valence-electron chi connectivity index (χ2n) is 8.79. The molecule has 11 heteroatoms. The van der Waals surface area contributed by atoms with Gasteiger partial charge in [0.1, 0.15) is 34.3 Å². The van der Waals surface area contributed by atoms with Crippen LogP contribution in [-0.2, 0) is 4.74 Å². The van der Waals surface area contributed by atoms with Crippen molar-refractivity contribution in [1.82, 2.24) is 25.2 Å². The molecule has 35 heavy (non-hydrogen) atoms. The van der Waals surface area contributed by atoms with Gasteiger partial charge in [0.2, 0.25) is 0 Å². The van der Waals surface area contributed by atoms with Crippen molar-refractivity contribution in [1.29, 1.82) is 0 Å². The van der Waals surface area contributed by atoms with Gasteiger partial charge in [0.05, 0.1) is 11.8 Å². The van der Waals surface area contributed by atoms with E-state index in [2.05, 4.69) is 30.5 Å². The maximum Gasteiger partial charge on any atom is 0.280 e. The molecule has 0 aliphatic heterocycles. The maximum absolute atomic E-state index is 14.1. The van der Waals surface area contributed by atoms with Gasteiger partial charge < -0.3 is 25.0 Å². The molecular formula is C24H31FN6O3S. The molecule has 9 nitrogen and oxygen atoms in total. The molecule has 4 rings (SSSR count). The Kier molecular flexibility index (Phi) is 8.42. The number of thiazole rings is 1. The highest BCUT2D eigenvalue weighted by Gasteiger charge is 2.27. The summed E-state index contributed by atoms with van der Waals surface area (Å²) < 4.78 is 25.9. The lowest BCUT2D eigenvalue weighted by Gasteiger charge is -2.31. The number of nitrogens with one attached hydrogen (secondary N) is 2. The van der Waals surface area contributed by atoms with Crippen LogP contribution >= 0.6 is 11.3 Å². The van der Waals surface area contributed by atoms with Gasteiger partial charge in [0.25, 0.3) is 5.91 Å². The number of hydrogen-bond donors (Lipinski definition) is 2. The molecule has 0 saturated heterocycles. The van der Waals surface area contributed by atoms with Crippen molar-refractivity contribution in [3.8, 4) is 5.75 Å². The van der Waals surface area contributed by atoms with Crippen molar-refractivity contribution in [2.75, 3.05) is 39.6 Å². The summed E-state index contributed by atoms with van der Waals surface area (Å²) in [6.07, 6.45) is 5.92. The molecule has 0 spiro atoms. The van der Waals surface area contributed by atoms with Crippen LogP contribution in [0, 0.1) is 5.82 Å². The first-order valence-corrected chi connectivity index (χ1v) is 12.6. The number of carbonyl (C=O) groups excluding carboxylic acids is 1. The van der Waals surface area contributed by atoms with Crippen LogP contribution in [0.15, 0.2) is 24.5 Å². The second-order valence-corrected chi connectivity index (χ2v) is 9.77. The first-order valence-electron chi connectivity index (χ1n) is 11.7. The number of ether oxygens (including phenoxy) is 2. The number of aromatic nitrogens is 3. The van der Waals surface area contributed by atoms with E-state index < -0.39 is 5.82 Å². The van der Waals surface area contributed by atoms with Crippen molar-refractivity contribution in [3.05, 3.63) is 35.4 Å². The highest BCUT2D eigenvalue weighted by Crippen LogP contribution is 2.34. The van der Waals surface area contributed by atoms with Crippen molar-refractivity contribution in [3.63, 3.8) is 0 Å². The largest absolute Gasteiger partial charge is 0.485 e. The van der Waals surface area contributed by atoms with Gasteiger partial charge in [-0.25, -0.2) is 19.3 Å². The molecule has 2 atom stereocenters. The fourth-order valence-corrected chi connectivity index (χ4v) is 4.89. The Morgan fingerprint density at radius 3 is 2.80 bits per heavy atom. The maximum atomic E-state index is 14.1.